The number of hydrogen-bond acceptors (Lipinski definition) is 2. The van der Waals surface area contributed by atoms with Crippen molar-refractivity contribution < 1.29 is 14.8 Å². The molecule has 2 rings (SSSR count). The molecule has 0 unspecified atom stereocenters. The van der Waals surface area contributed by atoms with Crippen molar-refractivity contribution in [1.82, 2.24) is 0 Å². The number of fused-ring (bicyclic) bond motifs is 1. The van der Waals surface area contributed by atoms with Gasteiger partial charge in [0.05, 0.1) is 0 Å². The lowest BCUT2D eigenvalue weighted by Crippen LogP contribution is -2.36. The van der Waals surface area contributed by atoms with E-state index in [0.717, 1.165) is 10.8 Å². The van der Waals surface area contributed by atoms with Crippen LogP contribution >= 0.6 is 0 Å². The van der Waals surface area contributed by atoms with Gasteiger partial charge in [-0.3, -0.25) is 0 Å². The van der Waals surface area contributed by atoms with Crippen molar-refractivity contribution in [2.45, 2.75) is 39.7 Å². The molecule has 3 heteroatoms. The van der Waals surface area contributed by atoms with Crippen LogP contribution in [-0.4, -0.2) is 10.2 Å². The third kappa shape index (κ3) is 2.13. The van der Waals surface area contributed by atoms with Gasteiger partial charge in [0.1, 0.15) is 0 Å². The van der Waals surface area contributed by atoms with Gasteiger partial charge in [0.25, 0.3) is 0 Å². The average molecular weight is 246 g/mol. The lowest BCUT2D eigenvalue weighted by Gasteiger charge is -2.11. The van der Waals surface area contributed by atoms with Crippen molar-refractivity contribution >= 4 is 10.8 Å². The normalized spacial score (nSPS) is 11.7. The number of hydrogen-bond donors (Lipinski definition) is 2. The molecule has 0 spiro atoms. The van der Waals surface area contributed by atoms with Crippen LogP contribution in [0.4, 0.5) is 0 Å². The van der Waals surface area contributed by atoms with E-state index in [1.165, 1.54) is 5.56 Å². The van der Waals surface area contributed by atoms with Gasteiger partial charge in [-0.15, -0.1) is 0 Å². The summed E-state index contributed by atoms with van der Waals surface area (Å²) in [5.41, 5.74) is 1.18. The van der Waals surface area contributed by atoms with E-state index in [2.05, 4.69) is 38.5 Å². The number of aromatic nitrogens is 1. The van der Waals surface area contributed by atoms with Gasteiger partial charge in [-0.1, -0.05) is 13.8 Å². The van der Waals surface area contributed by atoms with Crippen LogP contribution in [0.2, 0.25) is 0 Å². The molecule has 1 aromatic heterocycles. The Morgan fingerprint density at radius 3 is 2.11 bits per heavy atom. The van der Waals surface area contributed by atoms with Crippen molar-refractivity contribution in [3.63, 3.8) is 0 Å². The molecule has 2 N–H and O–H groups in total. The van der Waals surface area contributed by atoms with E-state index < -0.39 is 0 Å². The highest BCUT2D eigenvalue weighted by Crippen LogP contribution is 2.33. The molecule has 0 fully saturated rings. The first-order chi connectivity index (χ1) is 8.40. The van der Waals surface area contributed by atoms with Gasteiger partial charge in [0, 0.05) is 16.3 Å². The van der Waals surface area contributed by atoms with Crippen LogP contribution in [0.15, 0.2) is 24.5 Å². The summed E-state index contributed by atoms with van der Waals surface area (Å²) >= 11 is 0. The Kier molecular flexibility index (Phi) is 3.16. The summed E-state index contributed by atoms with van der Waals surface area (Å²) in [6.45, 7) is 8.50. The second-order valence-corrected chi connectivity index (χ2v) is 5.34. The minimum absolute atomic E-state index is 0.0632. The van der Waals surface area contributed by atoms with E-state index in [-0.39, 0.29) is 11.5 Å². The van der Waals surface area contributed by atoms with Crippen molar-refractivity contribution in [2.75, 3.05) is 0 Å². The third-order valence-electron chi connectivity index (χ3n) is 3.25. The quantitative estimate of drug-likeness (QED) is 0.631. The molecule has 96 valence electrons. The van der Waals surface area contributed by atoms with Crippen molar-refractivity contribution in [1.29, 1.82) is 0 Å². The van der Waals surface area contributed by atoms with Crippen LogP contribution < -0.4 is 4.57 Å². The lowest BCUT2D eigenvalue weighted by molar-refractivity contribution is -0.715. The van der Waals surface area contributed by atoms with E-state index in [0.29, 0.717) is 12.0 Å². The molecule has 0 aliphatic heterocycles. The average Bonchev–Trinajstić information content (AvgIpc) is 2.29. The highest BCUT2D eigenvalue weighted by molar-refractivity contribution is 5.87. The molecule has 0 radical (unpaired) electrons. The summed E-state index contributed by atoms with van der Waals surface area (Å²) in [6.07, 6.45) is 4.12. The Morgan fingerprint density at radius 2 is 1.56 bits per heavy atom. The number of rotatable bonds is 2. The van der Waals surface area contributed by atoms with Gasteiger partial charge >= 0.3 is 0 Å². The smallest absolute Gasteiger partial charge is 0.177 e. The zero-order valence-electron chi connectivity index (χ0n) is 11.3. The molecular formula is C15H20NO2+. The van der Waals surface area contributed by atoms with Crippen molar-refractivity contribution in [2.24, 2.45) is 0 Å². The number of phenols is 2. The van der Waals surface area contributed by atoms with Crippen molar-refractivity contribution in [3.8, 4) is 11.5 Å². The number of aromatic hydroxyl groups is 2. The predicted octanol–water partition coefficient (Wildman–Crippen LogP) is 3.24. The summed E-state index contributed by atoms with van der Waals surface area (Å²) in [7, 11) is 0. The number of benzene rings is 1. The summed E-state index contributed by atoms with van der Waals surface area (Å²) in [4.78, 5) is 0. The van der Waals surface area contributed by atoms with Gasteiger partial charge in [-0.2, -0.15) is 0 Å². The summed E-state index contributed by atoms with van der Waals surface area (Å²) in [6, 6.07) is 3.63. The minimum atomic E-state index is -0.0706. The minimum Gasteiger partial charge on any atom is -0.504 e. The van der Waals surface area contributed by atoms with Crippen LogP contribution in [0.1, 0.15) is 45.2 Å². The molecular weight excluding hydrogens is 226 g/mol. The fraction of sp³-hybridized carbons (Fsp3) is 0.400. The molecule has 18 heavy (non-hydrogen) atoms. The standard InChI is InChI=1S/C15H19NO2/c1-9(2)13-8-16(10(3)4)7-11-5-14(17)15(18)6-12(11)13/h5-10,17H,1-4H3/p+1. The van der Waals surface area contributed by atoms with Gasteiger partial charge in [0.2, 0.25) is 0 Å². The van der Waals surface area contributed by atoms with E-state index in [1.54, 1.807) is 12.1 Å². The molecule has 0 saturated heterocycles. The SMILES string of the molecule is CC(C)c1c[n+](C(C)C)cc2cc(O)c(O)cc12. The second kappa shape index (κ2) is 4.48. The molecule has 0 amide bonds. The predicted molar refractivity (Wildman–Crippen MR) is 71.9 cm³/mol. The topological polar surface area (TPSA) is 44.3 Å². The summed E-state index contributed by atoms with van der Waals surface area (Å²) in [5, 5.41) is 21.2. The van der Waals surface area contributed by atoms with E-state index >= 15 is 0 Å². The molecule has 3 nitrogen and oxygen atoms in total. The Bertz CT molecular complexity index is 589. The lowest BCUT2D eigenvalue weighted by atomic mass is 9.98. The van der Waals surface area contributed by atoms with E-state index in [4.69, 9.17) is 0 Å². The van der Waals surface area contributed by atoms with Gasteiger partial charge < -0.3 is 10.2 Å². The number of phenolic OH excluding ortho intramolecular Hbond substituents is 2. The largest absolute Gasteiger partial charge is 0.504 e. The van der Waals surface area contributed by atoms with Crippen molar-refractivity contribution in [3.05, 3.63) is 30.1 Å². The van der Waals surface area contributed by atoms with Crippen LogP contribution in [-0.2, 0) is 0 Å². The molecule has 2 aromatic rings. The van der Waals surface area contributed by atoms with Gasteiger partial charge in [0.15, 0.2) is 29.9 Å². The highest BCUT2D eigenvalue weighted by Gasteiger charge is 2.16. The molecule has 1 heterocycles. The maximum atomic E-state index is 9.65. The summed E-state index contributed by atoms with van der Waals surface area (Å²) < 4.78 is 2.13. The van der Waals surface area contributed by atoms with Crippen LogP contribution in [0.3, 0.4) is 0 Å². The van der Waals surface area contributed by atoms with Crippen LogP contribution in [0.25, 0.3) is 10.8 Å². The summed E-state index contributed by atoms with van der Waals surface area (Å²) in [5.74, 6) is 0.230. The third-order valence-corrected chi connectivity index (χ3v) is 3.25. The monoisotopic (exact) mass is 246 g/mol. The van der Waals surface area contributed by atoms with Crippen LogP contribution in [0.5, 0.6) is 11.5 Å². The Morgan fingerprint density at radius 1 is 0.944 bits per heavy atom. The first-order valence-electron chi connectivity index (χ1n) is 6.30. The van der Waals surface area contributed by atoms with E-state index in [1.807, 2.05) is 6.20 Å². The van der Waals surface area contributed by atoms with Gasteiger partial charge in [-0.25, -0.2) is 4.57 Å². The maximum absolute atomic E-state index is 9.65. The molecule has 0 aliphatic rings. The maximum Gasteiger partial charge on any atom is 0.177 e. The van der Waals surface area contributed by atoms with Gasteiger partial charge in [-0.05, 0) is 31.9 Å². The fourth-order valence-corrected chi connectivity index (χ4v) is 2.14. The zero-order valence-corrected chi connectivity index (χ0v) is 11.3. The first kappa shape index (κ1) is 12.7. The molecule has 0 atom stereocenters. The first-order valence-corrected chi connectivity index (χ1v) is 6.30. The Labute approximate surface area is 107 Å². The Hall–Kier alpha value is -1.77. The highest BCUT2D eigenvalue weighted by atomic mass is 16.3. The Balaban J connectivity index is 2.81. The molecule has 1 aromatic carbocycles. The van der Waals surface area contributed by atoms with E-state index in [9.17, 15) is 10.2 Å². The molecule has 0 saturated carbocycles. The molecule has 0 aliphatic carbocycles. The fourth-order valence-electron chi connectivity index (χ4n) is 2.14. The zero-order chi connectivity index (χ0) is 13.4. The number of nitrogens with zero attached hydrogens (tertiary/aromatic N) is 1. The number of pyridine rings is 1. The second-order valence-electron chi connectivity index (χ2n) is 5.34. The molecule has 0 bridgehead atoms. The van der Waals surface area contributed by atoms with Crippen LogP contribution in [0, 0.1) is 0 Å².